The van der Waals surface area contributed by atoms with Crippen molar-refractivity contribution in [2.45, 2.75) is 0 Å². The van der Waals surface area contributed by atoms with Crippen LogP contribution in [0, 0.1) is 0 Å². The van der Waals surface area contributed by atoms with E-state index in [-0.39, 0.29) is 0 Å². The van der Waals surface area contributed by atoms with E-state index in [2.05, 4.69) is 112 Å². The number of para-hydroxylation sites is 1. The average molecular weight is 398 g/mol. The Balaban J connectivity index is 1.68. The van der Waals surface area contributed by atoms with Crippen LogP contribution in [0.4, 0.5) is 0 Å². The maximum atomic E-state index is 3.64. The first kappa shape index (κ1) is 15.4. The van der Waals surface area contributed by atoms with Crippen molar-refractivity contribution in [1.82, 2.24) is 4.98 Å². The van der Waals surface area contributed by atoms with Gasteiger partial charge in [0, 0.05) is 20.8 Å². The number of rotatable bonds is 2. The van der Waals surface area contributed by atoms with E-state index in [1.54, 1.807) is 0 Å². The molecule has 0 saturated carbocycles. The molecule has 1 heterocycles. The third-order valence-corrected chi connectivity index (χ3v) is 5.55. The molecule has 1 aromatic heterocycles. The van der Waals surface area contributed by atoms with Gasteiger partial charge in [0.25, 0.3) is 0 Å². The number of aromatic amines is 1. The standard InChI is InChI=1S/C24H16BrN/c25-22-11-5-10-20-21-15-19(12-13-23(21)26-24(20)22)18-9-4-8-17(14-18)16-6-2-1-3-7-16/h1-15,26H. The zero-order valence-electron chi connectivity index (χ0n) is 14.0. The second-order valence-corrected chi connectivity index (χ2v) is 7.35. The lowest BCUT2D eigenvalue weighted by molar-refractivity contribution is 1.53. The number of hydrogen-bond donors (Lipinski definition) is 1. The maximum absolute atomic E-state index is 3.64. The van der Waals surface area contributed by atoms with Crippen LogP contribution in [-0.2, 0) is 0 Å². The van der Waals surface area contributed by atoms with E-state index in [1.807, 2.05) is 0 Å². The van der Waals surface area contributed by atoms with Gasteiger partial charge in [0.1, 0.15) is 0 Å². The zero-order chi connectivity index (χ0) is 17.5. The predicted octanol–water partition coefficient (Wildman–Crippen LogP) is 7.42. The van der Waals surface area contributed by atoms with Crippen molar-refractivity contribution >= 4 is 37.7 Å². The van der Waals surface area contributed by atoms with E-state index < -0.39 is 0 Å². The Hall–Kier alpha value is -2.84. The normalized spacial score (nSPS) is 11.3. The van der Waals surface area contributed by atoms with E-state index in [4.69, 9.17) is 0 Å². The first-order valence-corrected chi connectivity index (χ1v) is 9.45. The molecule has 0 amide bonds. The molecular formula is C24H16BrN. The van der Waals surface area contributed by atoms with Gasteiger partial charge in [-0.3, -0.25) is 0 Å². The molecule has 0 atom stereocenters. The Morgan fingerprint density at radius 1 is 0.538 bits per heavy atom. The van der Waals surface area contributed by atoms with Crippen LogP contribution < -0.4 is 0 Å². The van der Waals surface area contributed by atoms with Crippen molar-refractivity contribution in [3.05, 3.63) is 95.5 Å². The number of H-pyrrole nitrogens is 1. The Bertz CT molecular complexity index is 1240. The van der Waals surface area contributed by atoms with Crippen LogP contribution >= 0.6 is 15.9 Å². The molecule has 4 aromatic carbocycles. The van der Waals surface area contributed by atoms with Crippen molar-refractivity contribution in [3.8, 4) is 22.3 Å². The highest BCUT2D eigenvalue weighted by molar-refractivity contribution is 9.10. The van der Waals surface area contributed by atoms with Gasteiger partial charge < -0.3 is 4.98 Å². The number of benzene rings is 4. The van der Waals surface area contributed by atoms with Crippen LogP contribution in [0.5, 0.6) is 0 Å². The molecule has 124 valence electrons. The molecular weight excluding hydrogens is 382 g/mol. The predicted molar refractivity (Wildman–Crippen MR) is 114 cm³/mol. The molecule has 0 unspecified atom stereocenters. The topological polar surface area (TPSA) is 15.8 Å². The molecule has 0 radical (unpaired) electrons. The van der Waals surface area contributed by atoms with Gasteiger partial charge >= 0.3 is 0 Å². The lowest BCUT2D eigenvalue weighted by Gasteiger charge is -2.06. The quantitative estimate of drug-likeness (QED) is 0.319. The molecule has 1 nitrogen and oxygen atoms in total. The first-order valence-electron chi connectivity index (χ1n) is 8.65. The van der Waals surface area contributed by atoms with E-state index in [0.29, 0.717) is 0 Å². The largest absolute Gasteiger partial charge is 0.354 e. The summed E-state index contributed by atoms with van der Waals surface area (Å²) in [5.41, 5.74) is 7.26. The van der Waals surface area contributed by atoms with E-state index in [0.717, 1.165) is 15.5 Å². The van der Waals surface area contributed by atoms with Gasteiger partial charge in [-0.15, -0.1) is 0 Å². The number of aromatic nitrogens is 1. The van der Waals surface area contributed by atoms with Gasteiger partial charge in [-0.1, -0.05) is 66.7 Å². The fourth-order valence-electron chi connectivity index (χ4n) is 3.57. The minimum Gasteiger partial charge on any atom is -0.354 e. The number of hydrogen-bond acceptors (Lipinski definition) is 0. The van der Waals surface area contributed by atoms with Crippen LogP contribution in [-0.4, -0.2) is 4.98 Å². The van der Waals surface area contributed by atoms with Gasteiger partial charge in [-0.2, -0.15) is 0 Å². The summed E-state index contributed by atoms with van der Waals surface area (Å²) >= 11 is 3.64. The van der Waals surface area contributed by atoms with E-state index in [9.17, 15) is 0 Å². The summed E-state index contributed by atoms with van der Waals surface area (Å²) < 4.78 is 1.10. The molecule has 0 bridgehead atoms. The maximum Gasteiger partial charge on any atom is 0.0609 e. The van der Waals surface area contributed by atoms with Crippen LogP contribution in [0.2, 0.25) is 0 Å². The van der Waals surface area contributed by atoms with Gasteiger partial charge in [-0.25, -0.2) is 0 Å². The zero-order valence-corrected chi connectivity index (χ0v) is 15.6. The summed E-state index contributed by atoms with van der Waals surface area (Å²) in [5, 5.41) is 2.50. The lowest BCUT2D eigenvalue weighted by Crippen LogP contribution is -1.81. The van der Waals surface area contributed by atoms with Crippen LogP contribution in [0.1, 0.15) is 0 Å². The Morgan fingerprint density at radius 3 is 2.08 bits per heavy atom. The van der Waals surface area contributed by atoms with Gasteiger partial charge in [-0.05, 0) is 62.4 Å². The molecule has 5 rings (SSSR count). The smallest absolute Gasteiger partial charge is 0.0609 e. The molecule has 1 N–H and O–H groups in total. The molecule has 0 saturated heterocycles. The minimum atomic E-state index is 1.10. The Morgan fingerprint density at radius 2 is 1.23 bits per heavy atom. The molecule has 0 spiro atoms. The highest BCUT2D eigenvalue weighted by Gasteiger charge is 2.08. The fraction of sp³-hybridized carbons (Fsp3) is 0. The van der Waals surface area contributed by atoms with Gasteiger partial charge in [0.15, 0.2) is 0 Å². The number of nitrogens with one attached hydrogen (secondary N) is 1. The van der Waals surface area contributed by atoms with Crippen molar-refractivity contribution in [2.24, 2.45) is 0 Å². The van der Waals surface area contributed by atoms with Crippen LogP contribution in [0.15, 0.2) is 95.5 Å². The molecule has 0 aliphatic carbocycles. The van der Waals surface area contributed by atoms with Crippen molar-refractivity contribution in [2.75, 3.05) is 0 Å². The summed E-state index contributed by atoms with van der Waals surface area (Å²) in [6.07, 6.45) is 0. The summed E-state index contributed by atoms with van der Waals surface area (Å²) in [5.74, 6) is 0. The summed E-state index contributed by atoms with van der Waals surface area (Å²) in [6, 6.07) is 32.2. The number of halogens is 1. The highest BCUT2D eigenvalue weighted by Crippen LogP contribution is 2.34. The van der Waals surface area contributed by atoms with Crippen molar-refractivity contribution < 1.29 is 0 Å². The van der Waals surface area contributed by atoms with Gasteiger partial charge in [0.05, 0.1) is 5.52 Å². The lowest BCUT2D eigenvalue weighted by atomic mass is 9.98. The molecule has 2 heteroatoms. The molecule has 0 aliphatic rings. The highest BCUT2D eigenvalue weighted by atomic mass is 79.9. The Labute approximate surface area is 160 Å². The Kier molecular flexibility index (Phi) is 3.65. The second-order valence-electron chi connectivity index (χ2n) is 6.49. The fourth-order valence-corrected chi connectivity index (χ4v) is 4.04. The molecule has 0 aliphatic heterocycles. The van der Waals surface area contributed by atoms with Gasteiger partial charge in [0.2, 0.25) is 0 Å². The molecule has 0 fully saturated rings. The summed E-state index contributed by atoms with van der Waals surface area (Å²) in [7, 11) is 0. The van der Waals surface area contributed by atoms with Crippen LogP contribution in [0.25, 0.3) is 44.1 Å². The minimum absolute atomic E-state index is 1.10. The van der Waals surface area contributed by atoms with E-state index in [1.165, 1.54) is 33.0 Å². The van der Waals surface area contributed by atoms with Crippen LogP contribution in [0.3, 0.4) is 0 Å². The summed E-state index contributed by atoms with van der Waals surface area (Å²) in [4.78, 5) is 3.52. The van der Waals surface area contributed by atoms with E-state index >= 15 is 0 Å². The van der Waals surface area contributed by atoms with Crippen molar-refractivity contribution in [1.29, 1.82) is 0 Å². The SMILES string of the molecule is Brc1cccc2c1[nH]c1ccc(-c3cccc(-c4ccccc4)c3)cc12. The number of fused-ring (bicyclic) bond motifs is 3. The monoisotopic (exact) mass is 397 g/mol. The molecule has 5 aromatic rings. The third kappa shape index (κ3) is 2.54. The summed E-state index contributed by atoms with van der Waals surface area (Å²) in [6.45, 7) is 0. The van der Waals surface area contributed by atoms with Crippen molar-refractivity contribution in [3.63, 3.8) is 0 Å². The second kappa shape index (κ2) is 6.15. The third-order valence-electron chi connectivity index (χ3n) is 4.89. The first-order chi connectivity index (χ1) is 12.8. The average Bonchev–Trinajstić information content (AvgIpc) is 3.08. The molecule has 26 heavy (non-hydrogen) atoms.